The maximum absolute atomic E-state index is 5.65. The summed E-state index contributed by atoms with van der Waals surface area (Å²) in [5.74, 6) is 1.62. The van der Waals surface area contributed by atoms with Crippen molar-refractivity contribution in [3.05, 3.63) is 35.9 Å². The number of aliphatic imine (C=N–C) groups is 1. The Hall–Kier alpha value is -1.59. The van der Waals surface area contributed by atoms with Gasteiger partial charge in [-0.15, -0.1) is 0 Å². The van der Waals surface area contributed by atoms with Crippen molar-refractivity contribution in [2.24, 2.45) is 10.9 Å². The molecule has 1 aliphatic rings. The van der Waals surface area contributed by atoms with E-state index in [2.05, 4.69) is 79.0 Å². The average molecular weight is 389 g/mol. The summed E-state index contributed by atoms with van der Waals surface area (Å²) in [6, 6.07) is 11.4. The summed E-state index contributed by atoms with van der Waals surface area (Å²) in [5, 5.41) is 11.0. The topological polar surface area (TPSA) is 57.7 Å². The van der Waals surface area contributed by atoms with Crippen molar-refractivity contribution in [3.8, 4) is 0 Å². The second kappa shape index (κ2) is 11.4. The smallest absolute Gasteiger partial charge is 0.191 e. The monoisotopic (exact) mass is 388 g/mol. The van der Waals surface area contributed by atoms with E-state index in [0.717, 1.165) is 50.9 Å². The van der Waals surface area contributed by atoms with Crippen LogP contribution in [0, 0.1) is 5.92 Å². The first kappa shape index (κ1) is 22.7. The molecule has 0 amide bonds. The van der Waals surface area contributed by atoms with Crippen molar-refractivity contribution in [1.82, 2.24) is 16.0 Å². The van der Waals surface area contributed by atoms with Gasteiger partial charge in [0.2, 0.25) is 0 Å². The summed E-state index contributed by atoms with van der Waals surface area (Å²) in [5.41, 5.74) is 1.32. The molecule has 3 N–H and O–H groups in total. The number of rotatable bonds is 9. The molecule has 0 radical (unpaired) electrons. The van der Waals surface area contributed by atoms with E-state index in [1.165, 1.54) is 12.0 Å². The highest BCUT2D eigenvalue weighted by Crippen LogP contribution is 2.25. The van der Waals surface area contributed by atoms with Gasteiger partial charge < -0.3 is 20.7 Å². The first-order valence-corrected chi connectivity index (χ1v) is 10.8. The van der Waals surface area contributed by atoms with Crippen LogP contribution in [0.3, 0.4) is 0 Å². The molecule has 0 aromatic heterocycles. The number of benzene rings is 1. The molecule has 1 aromatic carbocycles. The average Bonchev–Trinajstić information content (AvgIpc) is 2.71. The molecular formula is C23H40N4O. The van der Waals surface area contributed by atoms with Gasteiger partial charge in [0.15, 0.2) is 5.96 Å². The zero-order chi connectivity index (χ0) is 20.4. The van der Waals surface area contributed by atoms with Crippen molar-refractivity contribution in [1.29, 1.82) is 0 Å². The molecule has 5 nitrogen and oxygen atoms in total. The molecule has 2 unspecified atom stereocenters. The van der Waals surface area contributed by atoms with Crippen LogP contribution in [-0.2, 0) is 4.74 Å². The first-order valence-electron chi connectivity index (χ1n) is 10.8. The lowest BCUT2D eigenvalue weighted by atomic mass is 9.88. The molecular weight excluding hydrogens is 348 g/mol. The van der Waals surface area contributed by atoms with E-state index in [-0.39, 0.29) is 5.54 Å². The van der Waals surface area contributed by atoms with E-state index in [1.807, 2.05) is 7.05 Å². The van der Waals surface area contributed by atoms with Crippen LogP contribution in [0.25, 0.3) is 0 Å². The van der Waals surface area contributed by atoms with Gasteiger partial charge in [-0.2, -0.15) is 0 Å². The third-order valence-electron chi connectivity index (χ3n) is 5.65. The van der Waals surface area contributed by atoms with Gasteiger partial charge in [0.25, 0.3) is 0 Å². The summed E-state index contributed by atoms with van der Waals surface area (Å²) in [6.07, 6.45) is 4.37. The maximum Gasteiger partial charge on any atom is 0.191 e. The molecule has 0 aliphatic carbocycles. The second-order valence-corrected chi connectivity index (χ2v) is 8.61. The molecule has 1 heterocycles. The lowest BCUT2D eigenvalue weighted by Crippen LogP contribution is -2.58. The van der Waals surface area contributed by atoms with Crippen molar-refractivity contribution in [2.45, 2.75) is 71.0 Å². The van der Waals surface area contributed by atoms with Gasteiger partial charge in [-0.3, -0.25) is 4.99 Å². The predicted molar refractivity (Wildman–Crippen MR) is 119 cm³/mol. The summed E-state index contributed by atoms with van der Waals surface area (Å²) >= 11 is 0. The SMILES string of the molecule is CN=C(NCC1(NC(C)c2ccccc2)CCOCC1)NC(C)CCC(C)C. The number of hydrogen-bond donors (Lipinski definition) is 3. The molecule has 0 bridgehead atoms. The molecule has 1 saturated heterocycles. The van der Waals surface area contributed by atoms with Gasteiger partial charge in [-0.25, -0.2) is 0 Å². The van der Waals surface area contributed by atoms with E-state index < -0.39 is 0 Å². The molecule has 1 aromatic rings. The van der Waals surface area contributed by atoms with Gasteiger partial charge in [0.1, 0.15) is 0 Å². The van der Waals surface area contributed by atoms with E-state index in [4.69, 9.17) is 4.74 Å². The first-order chi connectivity index (χ1) is 13.4. The van der Waals surface area contributed by atoms with Gasteiger partial charge >= 0.3 is 0 Å². The van der Waals surface area contributed by atoms with Crippen LogP contribution in [0.2, 0.25) is 0 Å². The molecule has 2 atom stereocenters. The van der Waals surface area contributed by atoms with Gasteiger partial charge in [0, 0.05) is 44.4 Å². The van der Waals surface area contributed by atoms with Crippen molar-refractivity contribution < 1.29 is 4.74 Å². The van der Waals surface area contributed by atoms with E-state index in [9.17, 15) is 0 Å². The molecule has 158 valence electrons. The Morgan fingerprint density at radius 2 is 1.75 bits per heavy atom. The highest BCUT2D eigenvalue weighted by atomic mass is 16.5. The molecule has 1 aliphatic heterocycles. The van der Waals surface area contributed by atoms with Gasteiger partial charge in [-0.05, 0) is 51.0 Å². The lowest BCUT2D eigenvalue weighted by Gasteiger charge is -2.41. The number of nitrogens with zero attached hydrogens (tertiary/aromatic N) is 1. The highest BCUT2D eigenvalue weighted by Gasteiger charge is 2.34. The quantitative estimate of drug-likeness (QED) is 0.444. The zero-order valence-electron chi connectivity index (χ0n) is 18.4. The Morgan fingerprint density at radius 3 is 2.36 bits per heavy atom. The minimum Gasteiger partial charge on any atom is -0.381 e. The normalized spacial score (nSPS) is 19.3. The van der Waals surface area contributed by atoms with E-state index in [1.54, 1.807) is 0 Å². The largest absolute Gasteiger partial charge is 0.381 e. The third kappa shape index (κ3) is 7.44. The summed E-state index contributed by atoms with van der Waals surface area (Å²) in [4.78, 5) is 4.44. The summed E-state index contributed by atoms with van der Waals surface area (Å²) in [6.45, 7) is 11.5. The van der Waals surface area contributed by atoms with Crippen LogP contribution in [0.1, 0.15) is 65.0 Å². The van der Waals surface area contributed by atoms with E-state index in [0.29, 0.717) is 12.1 Å². The fourth-order valence-electron chi connectivity index (χ4n) is 3.76. The highest BCUT2D eigenvalue weighted by molar-refractivity contribution is 5.80. The van der Waals surface area contributed by atoms with Crippen LogP contribution < -0.4 is 16.0 Å². The molecule has 0 saturated carbocycles. The lowest BCUT2D eigenvalue weighted by molar-refractivity contribution is 0.0354. The Kier molecular flexibility index (Phi) is 9.26. The summed E-state index contributed by atoms with van der Waals surface area (Å²) < 4.78 is 5.65. The van der Waals surface area contributed by atoms with Crippen LogP contribution in [0.15, 0.2) is 35.3 Å². The molecule has 1 fully saturated rings. The molecule has 0 spiro atoms. The van der Waals surface area contributed by atoms with Crippen LogP contribution in [-0.4, -0.2) is 44.3 Å². The minimum atomic E-state index is 0.00625. The van der Waals surface area contributed by atoms with Gasteiger partial charge in [0.05, 0.1) is 0 Å². The van der Waals surface area contributed by atoms with Crippen LogP contribution in [0.4, 0.5) is 0 Å². The standard InChI is InChI=1S/C23H40N4O/c1-18(2)11-12-19(3)26-22(24-5)25-17-23(13-15-28-16-14-23)27-20(4)21-9-7-6-8-10-21/h6-10,18-20,27H,11-17H2,1-5H3,(H2,24,25,26). The zero-order valence-corrected chi connectivity index (χ0v) is 18.4. The summed E-state index contributed by atoms with van der Waals surface area (Å²) in [7, 11) is 1.85. The molecule has 5 heteroatoms. The maximum atomic E-state index is 5.65. The number of nitrogens with one attached hydrogen (secondary N) is 3. The van der Waals surface area contributed by atoms with Crippen LogP contribution in [0.5, 0.6) is 0 Å². The second-order valence-electron chi connectivity index (χ2n) is 8.61. The number of hydrogen-bond acceptors (Lipinski definition) is 3. The predicted octanol–water partition coefficient (Wildman–Crippen LogP) is 3.88. The Bertz CT molecular complexity index is 582. The van der Waals surface area contributed by atoms with E-state index >= 15 is 0 Å². The Morgan fingerprint density at radius 1 is 1.07 bits per heavy atom. The Balaban J connectivity index is 1.95. The van der Waals surface area contributed by atoms with Crippen molar-refractivity contribution in [2.75, 3.05) is 26.8 Å². The Labute approximate surface area is 171 Å². The molecule has 2 rings (SSSR count). The third-order valence-corrected chi connectivity index (χ3v) is 5.65. The number of guanidine groups is 1. The van der Waals surface area contributed by atoms with Gasteiger partial charge in [-0.1, -0.05) is 44.2 Å². The molecule has 28 heavy (non-hydrogen) atoms. The van der Waals surface area contributed by atoms with Crippen molar-refractivity contribution >= 4 is 5.96 Å². The fourth-order valence-corrected chi connectivity index (χ4v) is 3.76. The van der Waals surface area contributed by atoms with Crippen molar-refractivity contribution in [3.63, 3.8) is 0 Å². The fraction of sp³-hybridized carbons (Fsp3) is 0.696. The van der Waals surface area contributed by atoms with Crippen LogP contribution >= 0.6 is 0 Å². The minimum absolute atomic E-state index is 0.00625. The number of ether oxygens (including phenoxy) is 1.